The lowest BCUT2D eigenvalue weighted by molar-refractivity contribution is -0.150. The molecule has 7 aromatic carbocycles. The summed E-state index contributed by atoms with van der Waals surface area (Å²) in [6.07, 6.45) is 0. The van der Waals surface area contributed by atoms with E-state index in [1.165, 1.54) is 0 Å². The average Bonchev–Trinajstić information content (AvgIpc) is 3.89. The van der Waals surface area contributed by atoms with Crippen molar-refractivity contribution in [1.29, 1.82) is 0 Å². The van der Waals surface area contributed by atoms with Crippen molar-refractivity contribution in [3.8, 4) is 39.1 Å². The molecular formula is C53H46N6O2S. The summed E-state index contributed by atoms with van der Waals surface area (Å²) in [4.78, 5) is 17.0. The Bertz CT molecular complexity index is 2600. The zero-order valence-corrected chi connectivity index (χ0v) is 35.6. The Labute approximate surface area is 366 Å². The second-order valence-corrected chi connectivity index (χ2v) is 18.3. The van der Waals surface area contributed by atoms with Gasteiger partial charge in [0.1, 0.15) is 23.2 Å². The zero-order chi connectivity index (χ0) is 42.3. The van der Waals surface area contributed by atoms with Crippen LogP contribution in [0.15, 0.2) is 188 Å². The van der Waals surface area contributed by atoms with E-state index in [1.54, 1.807) is 18.9 Å². The van der Waals surface area contributed by atoms with Gasteiger partial charge in [0.15, 0.2) is 5.82 Å². The van der Waals surface area contributed by atoms with E-state index in [1.807, 2.05) is 52.0 Å². The molecule has 3 heterocycles. The number of nitrogens with zero attached hydrogens (tertiary/aromatic N) is 5. The van der Waals surface area contributed by atoms with E-state index in [9.17, 15) is 0 Å². The van der Waals surface area contributed by atoms with Gasteiger partial charge in [-0.05, 0) is 92.0 Å². The molecule has 0 bridgehead atoms. The topological polar surface area (TPSA) is 85.2 Å². The average molecular weight is 831 g/mol. The summed E-state index contributed by atoms with van der Waals surface area (Å²) in [5, 5.41) is 17.0. The highest BCUT2D eigenvalue weighted by atomic mass is 32.2. The third-order valence-electron chi connectivity index (χ3n) is 12.4. The van der Waals surface area contributed by atoms with Crippen LogP contribution >= 0.6 is 11.8 Å². The van der Waals surface area contributed by atoms with E-state index in [4.69, 9.17) is 4.74 Å². The number of hydrogen-bond acceptors (Lipinski definition) is 7. The number of carbonyl (C=O) groups excluding carboxylic acids is 1. The Morgan fingerprint density at radius 3 is 1.48 bits per heavy atom. The van der Waals surface area contributed by atoms with Crippen molar-refractivity contribution in [2.24, 2.45) is 0 Å². The van der Waals surface area contributed by atoms with Crippen molar-refractivity contribution in [3.05, 3.63) is 216 Å². The maximum atomic E-state index is 15.0. The molecule has 0 radical (unpaired) electrons. The van der Waals surface area contributed by atoms with Gasteiger partial charge in [0, 0.05) is 4.75 Å². The van der Waals surface area contributed by atoms with Crippen molar-refractivity contribution < 1.29 is 9.53 Å². The molecule has 0 spiro atoms. The second kappa shape index (κ2) is 16.2. The van der Waals surface area contributed by atoms with Crippen LogP contribution in [0.1, 0.15) is 48.0 Å². The first-order chi connectivity index (χ1) is 30.3. The molecule has 3 atom stereocenters. The predicted molar refractivity (Wildman–Crippen MR) is 247 cm³/mol. The molecule has 10 rings (SSSR count). The van der Waals surface area contributed by atoms with Crippen LogP contribution in [0.25, 0.3) is 33.4 Å². The van der Waals surface area contributed by atoms with Gasteiger partial charge in [-0.1, -0.05) is 176 Å². The molecule has 306 valence electrons. The fourth-order valence-electron chi connectivity index (χ4n) is 9.20. The molecule has 1 amide bonds. The summed E-state index contributed by atoms with van der Waals surface area (Å²) >= 11 is 1.80. The minimum atomic E-state index is -0.926. The number of β-lactam (4-membered cyclic amide) rings is 1. The monoisotopic (exact) mass is 830 g/mol. The van der Waals surface area contributed by atoms with Gasteiger partial charge in [0.25, 0.3) is 0 Å². The van der Waals surface area contributed by atoms with Crippen LogP contribution in [0, 0.1) is 0 Å². The number of ether oxygens (including phenoxy) is 1. The third-order valence-corrected chi connectivity index (χ3v) is 14.0. The predicted octanol–water partition coefficient (Wildman–Crippen LogP) is 10.4. The summed E-state index contributed by atoms with van der Waals surface area (Å²) < 4.78 is 6.82. The molecule has 2 aliphatic rings. The van der Waals surface area contributed by atoms with Crippen LogP contribution < -0.4 is 10.1 Å². The van der Waals surface area contributed by atoms with E-state index in [0.717, 1.165) is 61.4 Å². The minimum absolute atomic E-state index is 0.0177. The summed E-state index contributed by atoms with van der Waals surface area (Å²) in [6, 6.07) is 64.8. The molecule has 62 heavy (non-hydrogen) atoms. The summed E-state index contributed by atoms with van der Waals surface area (Å²) in [6.45, 7) is 4.85. The van der Waals surface area contributed by atoms with E-state index in [2.05, 4.69) is 180 Å². The van der Waals surface area contributed by atoms with Crippen molar-refractivity contribution in [2.45, 2.75) is 48.1 Å². The number of tetrazole rings is 1. The molecule has 2 aliphatic heterocycles. The minimum Gasteiger partial charge on any atom is -0.497 e. The Balaban J connectivity index is 1.07. The SMILES string of the molecule is COc1ccc(Cn2nnnc2C2N3C(=O)C(NC(c4ccc(-c5ccccc5)cc4)(c4ccc(-c5ccccc5)cc4)c4ccc(-c5ccccc5)cc4)[C@H]3SC2(C)C)cc1. The lowest BCUT2D eigenvalue weighted by Gasteiger charge is -2.49. The molecule has 1 aromatic heterocycles. The zero-order valence-electron chi connectivity index (χ0n) is 34.8. The van der Waals surface area contributed by atoms with Crippen LogP contribution in [0.5, 0.6) is 5.75 Å². The normalized spacial score (nSPS) is 18.0. The van der Waals surface area contributed by atoms with Crippen LogP contribution in [-0.2, 0) is 16.9 Å². The van der Waals surface area contributed by atoms with Crippen LogP contribution in [0.3, 0.4) is 0 Å². The molecule has 9 heteroatoms. The van der Waals surface area contributed by atoms with E-state index < -0.39 is 16.3 Å². The van der Waals surface area contributed by atoms with Crippen LogP contribution in [0.2, 0.25) is 0 Å². The fourth-order valence-corrected chi connectivity index (χ4v) is 10.8. The number of benzene rings is 7. The van der Waals surface area contributed by atoms with Gasteiger partial charge < -0.3 is 9.64 Å². The largest absolute Gasteiger partial charge is 0.497 e. The Morgan fingerprint density at radius 2 is 1.05 bits per heavy atom. The lowest BCUT2D eigenvalue weighted by atomic mass is 9.75. The summed E-state index contributed by atoms with van der Waals surface area (Å²) in [5.74, 6) is 1.47. The van der Waals surface area contributed by atoms with E-state index in [-0.39, 0.29) is 17.3 Å². The van der Waals surface area contributed by atoms with Gasteiger partial charge >= 0.3 is 0 Å². The summed E-state index contributed by atoms with van der Waals surface area (Å²) in [5.41, 5.74) is 10.0. The van der Waals surface area contributed by atoms with Gasteiger partial charge in [-0.15, -0.1) is 16.9 Å². The van der Waals surface area contributed by atoms with Gasteiger partial charge in [-0.2, -0.15) is 0 Å². The van der Waals surface area contributed by atoms with Crippen molar-refractivity contribution in [3.63, 3.8) is 0 Å². The molecule has 8 aromatic rings. The van der Waals surface area contributed by atoms with Gasteiger partial charge in [0.2, 0.25) is 5.91 Å². The Kier molecular flexibility index (Phi) is 10.3. The number of rotatable bonds is 12. The van der Waals surface area contributed by atoms with Crippen molar-refractivity contribution in [1.82, 2.24) is 30.4 Å². The number of hydrogen-bond donors (Lipinski definition) is 1. The molecule has 2 fully saturated rings. The number of amides is 1. The molecule has 2 unspecified atom stereocenters. The quantitative estimate of drug-likeness (QED) is 0.0970. The number of methoxy groups -OCH3 is 1. The fraction of sp³-hybridized carbons (Fsp3) is 0.170. The summed E-state index contributed by atoms with van der Waals surface area (Å²) in [7, 11) is 1.66. The third kappa shape index (κ3) is 7.07. The molecule has 8 nitrogen and oxygen atoms in total. The number of fused-ring (bicyclic) bond motifs is 1. The molecule has 2 saturated heterocycles. The number of aromatic nitrogens is 4. The van der Waals surface area contributed by atoms with E-state index in [0.29, 0.717) is 12.4 Å². The first-order valence-corrected chi connectivity index (χ1v) is 21.8. The van der Waals surface area contributed by atoms with Gasteiger partial charge in [-0.25, -0.2) is 4.68 Å². The standard InChI is InChI=1S/C53H46N6O2S/c1-52(2)48(49-55-56-57-58(49)35-36-19-33-46(61-3)34-20-36)59-50(60)47(51(59)62-52)54-53(43-27-21-40(22-28-43)37-13-7-4-8-14-37,44-29-23-41(24-30-44)38-15-9-5-10-16-38)45-31-25-42(26-32-45)39-17-11-6-12-18-39/h4-34,47-48,51,54H,35H2,1-3H3/t47?,48?,51-/m1/s1. The van der Waals surface area contributed by atoms with E-state index >= 15 is 4.79 Å². The Morgan fingerprint density at radius 1 is 0.613 bits per heavy atom. The molecule has 0 saturated carbocycles. The first kappa shape index (κ1) is 39.3. The second-order valence-electron chi connectivity index (χ2n) is 16.5. The molecular weight excluding hydrogens is 785 g/mol. The van der Waals surface area contributed by atoms with Crippen LogP contribution in [-0.4, -0.2) is 54.3 Å². The highest BCUT2D eigenvalue weighted by Crippen LogP contribution is 2.58. The number of carbonyl (C=O) groups is 1. The highest BCUT2D eigenvalue weighted by molar-refractivity contribution is 8.01. The highest BCUT2D eigenvalue weighted by Gasteiger charge is 2.64. The number of nitrogens with one attached hydrogen (secondary N) is 1. The van der Waals surface area contributed by atoms with Crippen molar-refractivity contribution in [2.75, 3.05) is 7.11 Å². The first-order valence-electron chi connectivity index (χ1n) is 21.0. The smallest absolute Gasteiger partial charge is 0.244 e. The van der Waals surface area contributed by atoms with Gasteiger partial charge in [-0.3, -0.25) is 10.1 Å². The maximum absolute atomic E-state index is 15.0. The van der Waals surface area contributed by atoms with Crippen LogP contribution in [0.4, 0.5) is 0 Å². The lowest BCUT2D eigenvalue weighted by Crippen LogP contribution is -2.70. The molecule has 0 aliphatic carbocycles. The van der Waals surface area contributed by atoms with Gasteiger partial charge in [0.05, 0.1) is 19.2 Å². The van der Waals surface area contributed by atoms with Crippen molar-refractivity contribution >= 4 is 17.7 Å². The maximum Gasteiger partial charge on any atom is 0.244 e. The number of thioether (sulfide) groups is 1. The molecule has 1 N–H and O–H groups in total. The Hall–Kier alpha value is -6.81.